The second-order valence-electron chi connectivity index (χ2n) is 12.8. The molecule has 0 aliphatic heterocycles. The van der Waals surface area contributed by atoms with E-state index in [9.17, 15) is 15.3 Å². The lowest BCUT2D eigenvalue weighted by Gasteiger charge is -2.62. The molecule has 0 aromatic rings. The molecule has 0 aromatic heterocycles. The Morgan fingerprint density at radius 3 is 2.20 bits per heavy atom. The zero-order valence-corrected chi connectivity index (χ0v) is 20.2. The summed E-state index contributed by atoms with van der Waals surface area (Å²) in [7, 11) is 0. The van der Waals surface area contributed by atoms with E-state index in [1.807, 2.05) is 0 Å². The Balaban J connectivity index is 1.50. The minimum atomic E-state index is -0.181. The van der Waals surface area contributed by atoms with Crippen molar-refractivity contribution in [2.75, 3.05) is 0 Å². The largest absolute Gasteiger partial charge is 0.393 e. The maximum Gasteiger partial charge on any atom is 0.0577 e. The zero-order valence-electron chi connectivity index (χ0n) is 20.2. The molecule has 30 heavy (non-hydrogen) atoms. The van der Waals surface area contributed by atoms with Gasteiger partial charge in [-0.2, -0.15) is 0 Å². The summed E-state index contributed by atoms with van der Waals surface area (Å²) in [6.07, 6.45) is 10.6. The first-order chi connectivity index (χ1) is 14.1. The van der Waals surface area contributed by atoms with Gasteiger partial charge in [0.1, 0.15) is 0 Å². The average molecular weight is 421 g/mol. The maximum atomic E-state index is 11.4. The van der Waals surface area contributed by atoms with Crippen LogP contribution < -0.4 is 0 Å². The average Bonchev–Trinajstić information content (AvgIpc) is 3.04. The van der Waals surface area contributed by atoms with E-state index < -0.39 is 0 Å². The summed E-state index contributed by atoms with van der Waals surface area (Å²) in [6, 6.07) is 0. The van der Waals surface area contributed by atoms with Gasteiger partial charge in [-0.25, -0.2) is 0 Å². The second-order valence-corrected chi connectivity index (χ2v) is 12.8. The van der Waals surface area contributed by atoms with Crippen molar-refractivity contribution in [3.8, 4) is 0 Å². The van der Waals surface area contributed by atoms with E-state index in [0.717, 1.165) is 44.4 Å². The first-order valence-electron chi connectivity index (χ1n) is 13.1. The third-order valence-electron chi connectivity index (χ3n) is 11.1. The van der Waals surface area contributed by atoms with Crippen LogP contribution >= 0.6 is 0 Å². The lowest BCUT2D eigenvalue weighted by Crippen LogP contribution is -2.58. The fraction of sp³-hybridized carbons (Fsp3) is 1.00. The number of rotatable bonds is 5. The summed E-state index contributed by atoms with van der Waals surface area (Å²) in [4.78, 5) is 0. The fourth-order valence-corrected chi connectivity index (χ4v) is 9.14. The molecule has 3 nitrogen and oxygen atoms in total. The summed E-state index contributed by atoms with van der Waals surface area (Å²) >= 11 is 0. The molecule has 4 fully saturated rings. The Morgan fingerprint density at radius 1 is 0.833 bits per heavy atom. The van der Waals surface area contributed by atoms with Crippen molar-refractivity contribution < 1.29 is 15.3 Å². The normalized spacial score (nSPS) is 50.5. The van der Waals surface area contributed by atoms with Gasteiger partial charge in [0, 0.05) is 0 Å². The molecule has 0 amide bonds. The molecule has 4 aliphatic rings. The van der Waals surface area contributed by atoms with Gasteiger partial charge in [-0.05, 0) is 116 Å². The molecule has 11 atom stereocenters. The molecule has 4 aliphatic carbocycles. The highest BCUT2D eigenvalue weighted by Gasteiger charge is 2.62. The monoisotopic (exact) mass is 420 g/mol. The van der Waals surface area contributed by atoms with E-state index >= 15 is 0 Å². The smallest absolute Gasteiger partial charge is 0.0577 e. The molecule has 0 bridgehead atoms. The van der Waals surface area contributed by atoms with Gasteiger partial charge in [0.15, 0.2) is 0 Å². The van der Waals surface area contributed by atoms with Crippen molar-refractivity contribution in [1.29, 1.82) is 0 Å². The first kappa shape index (κ1) is 23.1. The van der Waals surface area contributed by atoms with Gasteiger partial charge in [-0.15, -0.1) is 0 Å². The summed E-state index contributed by atoms with van der Waals surface area (Å²) in [6.45, 7) is 11.7. The van der Waals surface area contributed by atoms with Gasteiger partial charge >= 0.3 is 0 Å². The van der Waals surface area contributed by atoms with Gasteiger partial charge in [0.05, 0.1) is 18.3 Å². The van der Waals surface area contributed by atoms with Gasteiger partial charge < -0.3 is 15.3 Å². The molecule has 4 rings (SSSR count). The molecule has 3 heteroatoms. The molecule has 174 valence electrons. The van der Waals surface area contributed by atoms with Crippen LogP contribution in [0, 0.1) is 52.3 Å². The SMILES string of the molecule is CC(C)[C@H](O)CC[C@@H](C)[C@H]1CC[C@H]2[C@@H]3[C@H](O)C[C@H]4C[C@H](O)CC[C@]4(C)[C@H]3CC[C@]12C. The maximum absolute atomic E-state index is 11.4. The highest BCUT2D eigenvalue weighted by atomic mass is 16.3. The third-order valence-corrected chi connectivity index (χ3v) is 11.1. The summed E-state index contributed by atoms with van der Waals surface area (Å²) in [5.74, 6) is 3.97. The van der Waals surface area contributed by atoms with Crippen LogP contribution in [0.3, 0.4) is 0 Å². The van der Waals surface area contributed by atoms with Crippen LogP contribution in [0.25, 0.3) is 0 Å². The summed E-state index contributed by atoms with van der Waals surface area (Å²) in [5, 5.41) is 31.9. The molecule has 3 N–H and O–H groups in total. The predicted molar refractivity (Wildman–Crippen MR) is 122 cm³/mol. The van der Waals surface area contributed by atoms with E-state index in [-0.39, 0.29) is 18.3 Å². The molecule has 0 radical (unpaired) electrons. The Labute approximate surface area is 185 Å². The Kier molecular flexibility index (Phi) is 6.41. The van der Waals surface area contributed by atoms with Crippen molar-refractivity contribution >= 4 is 0 Å². The van der Waals surface area contributed by atoms with E-state index in [1.165, 1.54) is 25.7 Å². The Hall–Kier alpha value is -0.120. The molecule has 4 saturated carbocycles. The highest BCUT2D eigenvalue weighted by Crippen LogP contribution is 2.68. The minimum Gasteiger partial charge on any atom is -0.393 e. The number of aliphatic hydroxyl groups is 3. The van der Waals surface area contributed by atoms with Crippen molar-refractivity contribution in [3.63, 3.8) is 0 Å². The van der Waals surface area contributed by atoms with Crippen LogP contribution in [-0.2, 0) is 0 Å². The standard InChI is InChI=1S/C27H48O3/c1-16(2)23(29)9-6-17(3)20-7-8-21-25-22(11-13-27(20,21)5)26(4)12-10-19(28)14-18(26)15-24(25)30/h16-25,28-30H,6-15H2,1-5H3/t17-,18-,19-,20-,21+,22+,23-,24-,25+,26+,27-/m1/s1. The lowest BCUT2D eigenvalue weighted by atomic mass is 9.43. The zero-order chi connectivity index (χ0) is 21.8. The van der Waals surface area contributed by atoms with E-state index in [2.05, 4.69) is 34.6 Å². The molecule has 0 unspecified atom stereocenters. The highest BCUT2D eigenvalue weighted by molar-refractivity contribution is 5.11. The van der Waals surface area contributed by atoms with Gasteiger partial charge in [-0.3, -0.25) is 0 Å². The van der Waals surface area contributed by atoms with E-state index in [1.54, 1.807) is 0 Å². The van der Waals surface area contributed by atoms with Crippen LogP contribution in [0.4, 0.5) is 0 Å². The quantitative estimate of drug-likeness (QED) is 0.557. The van der Waals surface area contributed by atoms with Crippen molar-refractivity contribution in [2.45, 2.75) is 117 Å². The number of fused-ring (bicyclic) bond motifs is 5. The molecule has 0 heterocycles. The van der Waals surface area contributed by atoms with Crippen LogP contribution in [-0.4, -0.2) is 33.6 Å². The minimum absolute atomic E-state index is 0.154. The number of hydrogen-bond acceptors (Lipinski definition) is 3. The van der Waals surface area contributed by atoms with Crippen molar-refractivity contribution in [1.82, 2.24) is 0 Å². The van der Waals surface area contributed by atoms with E-state index in [4.69, 9.17) is 0 Å². The molecule has 0 spiro atoms. The topological polar surface area (TPSA) is 60.7 Å². The lowest BCUT2D eigenvalue weighted by molar-refractivity contribution is -0.174. The van der Waals surface area contributed by atoms with Crippen LogP contribution in [0.2, 0.25) is 0 Å². The predicted octanol–water partition coefficient (Wildman–Crippen LogP) is 5.41. The molecule has 0 saturated heterocycles. The third kappa shape index (κ3) is 3.69. The van der Waals surface area contributed by atoms with Crippen molar-refractivity contribution in [2.24, 2.45) is 52.3 Å². The van der Waals surface area contributed by atoms with Crippen LogP contribution in [0.5, 0.6) is 0 Å². The van der Waals surface area contributed by atoms with Gasteiger partial charge in [0.2, 0.25) is 0 Å². The fourth-order valence-electron chi connectivity index (χ4n) is 9.14. The number of aliphatic hydroxyl groups excluding tert-OH is 3. The second kappa shape index (κ2) is 8.34. The van der Waals surface area contributed by atoms with Gasteiger partial charge in [-0.1, -0.05) is 34.6 Å². The molecule has 0 aromatic carbocycles. The Bertz CT molecular complexity index is 605. The number of hydrogen-bond donors (Lipinski definition) is 3. The van der Waals surface area contributed by atoms with Crippen LogP contribution in [0.15, 0.2) is 0 Å². The summed E-state index contributed by atoms with van der Waals surface area (Å²) in [5.41, 5.74) is 0.664. The van der Waals surface area contributed by atoms with Gasteiger partial charge in [0.25, 0.3) is 0 Å². The molecular weight excluding hydrogens is 372 g/mol. The summed E-state index contributed by atoms with van der Waals surface area (Å²) < 4.78 is 0. The first-order valence-corrected chi connectivity index (χ1v) is 13.1. The molecular formula is C27H48O3. The van der Waals surface area contributed by atoms with E-state index in [0.29, 0.717) is 46.3 Å². The van der Waals surface area contributed by atoms with Crippen LogP contribution in [0.1, 0.15) is 98.8 Å². The van der Waals surface area contributed by atoms with Crippen molar-refractivity contribution in [3.05, 3.63) is 0 Å². The Morgan fingerprint density at radius 2 is 1.50 bits per heavy atom.